The van der Waals surface area contributed by atoms with E-state index >= 15 is 0 Å². The molecule has 0 N–H and O–H groups in total. The normalized spacial score (nSPS) is 14.7. The summed E-state index contributed by atoms with van der Waals surface area (Å²) in [5, 5.41) is 10.7. The van der Waals surface area contributed by atoms with Gasteiger partial charge < -0.3 is 9.80 Å². The molecule has 5 heteroatoms. The number of amides is 1. The Labute approximate surface area is 153 Å². The molecule has 132 valence electrons. The van der Waals surface area contributed by atoms with Crippen LogP contribution in [0.1, 0.15) is 11.1 Å². The van der Waals surface area contributed by atoms with Crippen LogP contribution in [0.4, 0.5) is 5.82 Å². The smallest absolute Gasteiger partial charge is 0.227 e. The summed E-state index contributed by atoms with van der Waals surface area (Å²) in [6.07, 6.45) is 2.26. The fraction of sp³-hybridized carbons (Fsp3) is 0.286. The molecule has 2 heterocycles. The van der Waals surface area contributed by atoms with Gasteiger partial charge in [0.25, 0.3) is 0 Å². The molecule has 0 unspecified atom stereocenters. The maximum Gasteiger partial charge on any atom is 0.227 e. The molecular weight excluding hydrogens is 324 g/mol. The highest BCUT2D eigenvalue weighted by Gasteiger charge is 2.23. The number of aromatic nitrogens is 2. The number of aryl methyl sites for hydroxylation is 1. The van der Waals surface area contributed by atoms with Crippen molar-refractivity contribution in [2.24, 2.45) is 0 Å². The number of nitrogens with zero attached hydrogens (tertiary/aromatic N) is 4. The first kappa shape index (κ1) is 16.5. The van der Waals surface area contributed by atoms with Crippen LogP contribution in [-0.4, -0.2) is 47.2 Å². The minimum atomic E-state index is 0.192. The molecule has 1 aromatic heterocycles. The molecule has 3 aromatic rings. The predicted molar refractivity (Wildman–Crippen MR) is 103 cm³/mol. The minimum Gasteiger partial charge on any atom is -0.351 e. The Kier molecular flexibility index (Phi) is 4.52. The molecule has 4 rings (SSSR count). The Morgan fingerprint density at radius 2 is 1.73 bits per heavy atom. The van der Waals surface area contributed by atoms with Crippen LogP contribution in [0.3, 0.4) is 0 Å². The predicted octanol–water partition coefficient (Wildman–Crippen LogP) is 2.83. The van der Waals surface area contributed by atoms with E-state index in [2.05, 4.69) is 46.3 Å². The molecule has 1 amide bonds. The van der Waals surface area contributed by atoms with E-state index in [1.807, 2.05) is 29.2 Å². The molecule has 0 bridgehead atoms. The Morgan fingerprint density at radius 3 is 2.50 bits per heavy atom. The number of anilines is 1. The zero-order valence-corrected chi connectivity index (χ0v) is 14.9. The molecule has 1 saturated heterocycles. The zero-order valence-electron chi connectivity index (χ0n) is 14.9. The Balaban J connectivity index is 1.42. The SMILES string of the molecule is Cc1ccc(CC(=O)N2CCN(c3nncc4ccccc34)CC2)cc1. The molecule has 1 aliphatic heterocycles. The first-order valence-electron chi connectivity index (χ1n) is 8.99. The van der Waals surface area contributed by atoms with Gasteiger partial charge in [-0.3, -0.25) is 4.79 Å². The fourth-order valence-electron chi connectivity index (χ4n) is 3.41. The number of hydrogen-bond acceptors (Lipinski definition) is 4. The van der Waals surface area contributed by atoms with E-state index in [-0.39, 0.29) is 5.91 Å². The number of hydrogen-bond donors (Lipinski definition) is 0. The molecule has 0 aliphatic carbocycles. The third kappa shape index (κ3) is 3.38. The van der Waals surface area contributed by atoms with E-state index < -0.39 is 0 Å². The maximum atomic E-state index is 12.6. The highest BCUT2D eigenvalue weighted by molar-refractivity contribution is 5.91. The van der Waals surface area contributed by atoms with Gasteiger partial charge >= 0.3 is 0 Å². The van der Waals surface area contributed by atoms with Crippen LogP contribution in [0.2, 0.25) is 0 Å². The molecule has 1 fully saturated rings. The van der Waals surface area contributed by atoms with Gasteiger partial charge in [-0.15, -0.1) is 5.10 Å². The standard InChI is InChI=1S/C21H22N4O/c1-16-6-8-17(9-7-16)14-20(26)24-10-12-25(13-11-24)21-19-5-3-2-4-18(19)15-22-23-21/h2-9,15H,10-14H2,1H3. The summed E-state index contributed by atoms with van der Waals surface area (Å²) >= 11 is 0. The van der Waals surface area contributed by atoms with Gasteiger partial charge in [-0.1, -0.05) is 54.1 Å². The van der Waals surface area contributed by atoms with E-state index in [4.69, 9.17) is 0 Å². The van der Waals surface area contributed by atoms with Crippen molar-refractivity contribution in [2.45, 2.75) is 13.3 Å². The monoisotopic (exact) mass is 346 g/mol. The molecule has 5 nitrogen and oxygen atoms in total. The van der Waals surface area contributed by atoms with Crippen molar-refractivity contribution in [3.63, 3.8) is 0 Å². The Bertz CT molecular complexity index is 909. The third-order valence-electron chi connectivity index (χ3n) is 4.96. The molecule has 0 radical (unpaired) electrons. The van der Waals surface area contributed by atoms with E-state index in [1.165, 1.54) is 5.56 Å². The van der Waals surface area contributed by atoms with Crippen molar-refractivity contribution in [2.75, 3.05) is 31.1 Å². The summed E-state index contributed by atoms with van der Waals surface area (Å²) in [7, 11) is 0. The number of carbonyl (C=O) groups is 1. The van der Waals surface area contributed by atoms with E-state index in [0.717, 1.165) is 48.3 Å². The van der Waals surface area contributed by atoms with Crippen LogP contribution < -0.4 is 4.90 Å². The maximum absolute atomic E-state index is 12.6. The van der Waals surface area contributed by atoms with E-state index in [1.54, 1.807) is 6.20 Å². The molecule has 1 aliphatic rings. The molecular formula is C21H22N4O. The molecule has 0 atom stereocenters. The third-order valence-corrected chi connectivity index (χ3v) is 4.96. The van der Waals surface area contributed by atoms with Gasteiger partial charge in [-0.25, -0.2) is 0 Å². The molecule has 0 spiro atoms. The van der Waals surface area contributed by atoms with Gasteiger partial charge in [0.2, 0.25) is 5.91 Å². The first-order valence-corrected chi connectivity index (χ1v) is 8.99. The van der Waals surface area contributed by atoms with Crippen molar-refractivity contribution in [1.82, 2.24) is 15.1 Å². The summed E-state index contributed by atoms with van der Waals surface area (Å²) in [6.45, 7) is 5.05. The second-order valence-corrected chi connectivity index (χ2v) is 6.79. The van der Waals surface area contributed by atoms with Crippen LogP contribution in [0.15, 0.2) is 54.7 Å². The average Bonchev–Trinajstić information content (AvgIpc) is 2.69. The van der Waals surface area contributed by atoms with Gasteiger partial charge in [-0.05, 0) is 12.5 Å². The lowest BCUT2D eigenvalue weighted by molar-refractivity contribution is -0.130. The highest BCUT2D eigenvalue weighted by atomic mass is 16.2. The first-order chi connectivity index (χ1) is 12.7. The largest absolute Gasteiger partial charge is 0.351 e. The van der Waals surface area contributed by atoms with Crippen LogP contribution in [0, 0.1) is 6.92 Å². The number of benzene rings is 2. The van der Waals surface area contributed by atoms with Gasteiger partial charge in [0.05, 0.1) is 12.6 Å². The fourth-order valence-corrected chi connectivity index (χ4v) is 3.41. The zero-order chi connectivity index (χ0) is 17.9. The summed E-state index contributed by atoms with van der Waals surface area (Å²) in [6, 6.07) is 16.3. The summed E-state index contributed by atoms with van der Waals surface area (Å²) in [5.74, 6) is 1.10. The minimum absolute atomic E-state index is 0.192. The van der Waals surface area contributed by atoms with Gasteiger partial charge in [0, 0.05) is 37.0 Å². The topological polar surface area (TPSA) is 49.3 Å². The molecule has 0 saturated carbocycles. The number of carbonyl (C=O) groups excluding carboxylic acids is 1. The lowest BCUT2D eigenvalue weighted by atomic mass is 10.1. The Hall–Kier alpha value is -2.95. The second kappa shape index (κ2) is 7.12. The Morgan fingerprint density at radius 1 is 1.00 bits per heavy atom. The average molecular weight is 346 g/mol. The van der Waals surface area contributed by atoms with Crippen molar-refractivity contribution < 1.29 is 4.79 Å². The van der Waals surface area contributed by atoms with Gasteiger partial charge in [0.1, 0.15) is 0 Å². The van der Waals surface area contributed by atoms with Gasteiger partial charge in [-0.2, -0.15) is 5.10 Å². The van der Waals surface area contributed by atoms with Crippen LogP contribution in [0.25, 0.3) is 10.8 Å². The lowest BCUT2D eigenvalue weighted by Crippen LogP contribution is -2.49. The molecule has 2 aromatic carbocycles. The lowest BCUT2D eigenvalue weighted by Gasteiger charge is -2.35. The van der Waals surface area contributed by atoms with Crippen LogP contribution >= 0.6 is 0 Å². The number of rotatable bonds is 3. The number of fused-ring (bicyclic) bond motifs is 1. The van der Waals surface area contributed by atoms with Crippen LogP contribution in [-0.2, 0) is 11.2 Å². The van der Waals surface area contributed by atoms with Gasteiger partial charge in [0.15, 0.2) is 5.82 Å². The number of piperazine rings is 1. The quantitative estimate of drug-likeness (QED) is 0.732. The second-order valence-electron chi connectivity index (χ2n) is 6.79. The van der Waals surface area contributed by atoms with Crippen molar-refractivity contribution >= 4 is 22.5 Å². The van der Waals surface area contributed by atoms with Crippen molar-refractivity contribution in [1.29, 1.82) is 0 Å². The summed E-state index contributed by atoms with van der Waals surface area (Å²) in [4.78, 5) is 16.8. The molecule has 26 heavy (non-hydrogen) atoms. The highest BCUT2D eigenvalue weighted by Crippen LogP contribution is 2.24. The summed E-state index contributed by atoms with van der Waals surface area (Å²) < 4.78 is 0. The van der Waals surface area contributed by atoms with Crippen molar-refractivity contribution in [3.8, 4) is 0 Å². The van der Waals surface area contributed by atoms with E-state index in [0.29, 0.717) is 6.42 Å². The summed E-state index contributed by atoms with van der Waals surface area (Å²) in [5.41, 5.74) is 2.29. The van der Waals surface area contributed by atoms with Crippen LogP contribution in [0.5, 0.6) is 0 Å². The van der Waals surface area contributed by atoms with E-state index in [9.17, 15) is 4.79 Å². The van der Waals surface area contributed by atoms with Crippen molar-refractivity contribution in [3.05, 3.63) is 65.9 Å².